The zero-order chi connectivity index (χ0) is 22.0. The highest BCUT2D eigenvalue weighted by Gasteiger charge is 2.27. The van der Waals surface area contributed by atoms with Gasteiger partial charge in [-0.1, -0.05) is 12.1 Å². The molecule has 0 bridgehead atoms. The first-order valence-corrected chi connectivity index (χ1v) is 9.49. The predicted molar refractivity (Wildman–Crippen MR) is 109 cm³/mol. The Labute approximate surface area is 175 Å². The normalized spacial score (nSPS) is 11.6. The molecule has 4 rings (SSSR count). The number of amides is 1. The molecule has 4 aromatic heterocycles. The van der Waals surface area contributed by atoms with Crippen molar-refractivity contribution in [1.82, 2.24) is 24.7 Å². The molecule has 0 aliphatic heterocycles. The second-order valence-corrected chi connectivity index (χ2v) is 7.03. The van der Waals surface area contributed by atoms with Crippen molar-refractivity contribution in [3.8, 4) is 22.5 Å². The van der Waals surface area contributed by atoms with Crippen LogP contribution in [0.4, 0.5) is 13.2 Å². The van der Waals surface area contributed by atoms with Crippen molar-refractivity contribution in [2.75, 3.05) is 6.54 Å². The predicted octanol–water partition coefficient (Wildman–Crippen LogP) is 3.99. The minimum Gasteiger partial charge on any atom is -0.347 e. The Hall–Kier alpha value is -3.75. The van der Waals surface area contributed by atoms with Gasteiger partial charge in [0.25, 0.3) is 0 Å². The Morgan fingerprint density at radius 1 is 1.10 bits per heavy atom. The van der Waals surface area contributed by atoms with Gasteiger partial charge in [0.15, 0.2) is 0 Å². The van der Waals surface area contributed by atoms with Gasteiger partial charge in [-0.3, -0.25) is 14.8 Å². The zero-order valence-electron chi connectivity index (χ0n) is 16.5. The van der Waals surface area contributed by atoms with E-state index < -0.39 is 18.6 Å². The molecule has 6 nitrogen and oxygen atoms in total. The van der Waals surface area contributed by atoms with Gasteiger partial charge in [-0.25, -0.2) is 4.98 Å². The molecule has 0 aromatic carbocycles. The Morgan fingerprint density at radius 2 is 1.94 bits per heavy atom. The van der Waals surface area contributed by atoms with E-state index in [1.165, 1.54) is 6.20 Å². The lowest BCUT2D eigenvalue weighted by atomic mass is 10.0. The van der Waals surface area contributed by atoms with Crippen LogP contribution >= 0.6 is 0 Å². The lowest BCUT2D eigenvalue weighted by Gasteiger charge is -2.11. The minimum absolute atomic E-state index is 0.222. The quantitative estimate of drug-likeness (QED) is 0.525. The van der Waals surface area contributed by atoms with Gasteiger partial charge in [0.2, 0.25) is 5.91 Å². The van der Waals surface area contributed by atoms with Crippen molar-refractivity contribution < 1.29 is 18.0 Å². The fourth-order valence-corrected chi connectivity index (χ4v) is 3.26. The number of pyridine rings is 3. The number of rotatable bonds is 5. The third-order valence-electron chi connectivity index (χ3n) is 4.66. The van der Waals surface area contributed by atoms with E-state index in [-0.39, 0.29) is 6.42 Å². The summed E-state index contributed by atoms with van der Waals surface area (Å²) < 4.78 is 38.7. The van der Waals surface area contributed by atoms with Crippen LogP contribution in [0.3, 0.4) is 0 Å². The second kappa shape index (κ2) is 8.17. The third kappa shape index (κ3) is 4.71. The van der Waals surface area contributed by atoms with E-state index in [4.69, 9.17) is 0 Å². The molecule has 1 amide bonds. The summed E-state index contributed by atoms with van der Waals surface area (Å²) in [7, 11) is 0. The number of imidazole rings is 1. The van der Waals surface area contributed by atoms with E-state index in [2.05, 4.69) is 15.0 Å². The lowest BCUT2D eigenvalue weighted by Crippen LogP contribution is -2.34. The maximum Gasteiger partial charge on any atom is 0.405 e. The SMILES string of the molecule is Cc1cccc(-c2ncccc2-c2ccc3ncc(CC(=O)NCC(F)(F)F)n3c2)n1. The number of alkyl halides is 3. The fourth-order valence-electron chi connectivity index (χ4n) is 3.26. The molecular weight excluding hydrogens is 407 g/mol. The number of hydrogen-bond acceptors (Lipinski definition) is 4. The summed E-state index contributed by atoms with van der Waals surface area (Å²) in [5.41, 5.74) is 5.02. The van der Waals surface area contributed by atoms with Gasteiger partial charge in [-0.05, 0) is 37.3 Å². The highest BCUT2D eigenvalue weighted by atomic mass is 19.4. The second-order valence-electron chi connectivity index (χ2n) is 7.03. The van der Waals surface area contributed by atoms with E-state index in [0.29, 0.717) is 17.0 Å². The van der Waals surface area contributed by atoms with Crippen molar-refractivity contribution in [1.29, 1.82) is 0 Å². The third-order valence-corrected chi connectivity index (χ3v) is 4.66. The first-order valence-electron chi connectivity index (χ1n) is 9.49. The molecular formula is C22H18F3N5O. The summed E-state index contributed by atoms with van der Waals surface area (Å²) in [4.78, 5) is 25.2. The van der Waals surface area contributed by atoms with E-state index >= 15 is 0 Å². The van der Waals surface area contributed by atoms with Crippen LogP contribution in [0.25, 0.3) is 28.2 Å². The number of hydrogen-bond donors (Lipinski definition) is 1. The summed E-state index contributed by atoms with van der Waals surface area (Å²) in [6.45, 7) is 0.538. The average molecular weight is 425 g/mol. The molecule has 4 heterocycles. The van der Waals surface area contributed by atoms with Gasteiger partial charge in [0.1, 0.15) is 12.2 Å². The van der Waals surface area contributed by atoms with Crippen LogP contribution in [0.5, 0.6) is 0 Å². The Morgan fingerprint density at radius 3 is 2.71 bits per heavy atom. The molecule has 0 saturated heterocycles. The van der Waals surface area contributed by atoms with Crippen molar-refractivity contribution in [2.24, 2.45) is 0 Å². The van der Waals surface area contributed by atoms with Crippen LogP contribution in [0.2, 0.25) is 0 Å². The smallest absolute Gasteiger partial charge is 0.347 e. The number of aryl methyl sites for hydroxylation is 1. The maximum absolute atomic E-state index is 12.3. The molecule has 0 aliphatic carbocycles. The van der Waals surface area contributed by atoms with E-state index in [1.807, 2.05) is 48.6 Å². The van der Waals surface area contributed by atoms with Crippen molar-refractivity contribution in [3.05, 3.63) is 72.4 Å². The molecule has 0 unspecified atom stereocenters. The zero-order valence-corrected chi connectivity index (χ0v) is 16.5. The van der Waals surface area contributed by atoms with Crippen LogP contribution in [0, 0.1) is 6.92 Å². The highest BCUT2D eigenvalue weighted by Crippen LogP contribution is 2.29. The average Bonchev–Trinajstić information content (AvgIpc) is 3.14. The summed E-state index contributed by atoms with van der Waals surface area (Å²) in [5.74, 6) is -0.726. The number of aromatic nitrogens is 4. The molecule has 0 radical (unpaired) electrons. The Balaban J connectivity index is 1.68. The van der Waals surface area contributed by atoms with Gasteiger partial charge < -0.3 is 9.72 Å². The Kier molecular flexibility index (Phi) is 5.41. The highest BCUT2D eigenvalue weighted by molar-refractivity contribution is 5.80. The minimum atomic E-state index is -4.46. The largest absolute Gasteiger partial charge is 0.405 e. The number of fused-ring (bicyclic) bond motifs is 1. The molecule has 9 heteroatoms. The lowest BCUT2D eigenvalue weighted by molar-refractivity contribution is -0.138. The molecule has 0 saturated carbocycles. The van der Waals surface area contributed by atoms with Crippen LogP contribution in [-0.2, 0) is 11.2 Å². The van der Waals surface area contributed by atoms with Crippen LogP contribution in [0.15, 0.2) is 61.1 Å². The molecule has 4 aromatic rings. The molecule has 1 N–H and O–H groups in total. The van der Waals surface area contributed by atoms with Crippen LogP contribution in [-0.4, -0.2) is 38.0 Å². The summed E-state index contributed by atoms with van der Waals surface area (Å²) in [6.07, 6.45) is 0.293. The fraction of sp³-hybridized carbons (Fsp3) is 0.182. The number of carbonyl (C=O) groups is 1. The van der Waals surface area contributed by atoms with Gasteiger partial charge in [-0.15, -0.1) is 0 Å². The standard InChI is InChI=1S/C22H18F3N5O/c1-14-4-2-6-18(29-14)21-17(5-3-9-26-21)15-7-8-19-27-11-16(30(19)12-15)10-20(31)28-13-22(23,24)25/h2-9,11-12H,10,13H2,1H3,(H,28,31). The first kappa shape index (κ1) is 20.5. The van der Waals surface area contributed by atoms with E-state index in [1.54, 1.807) is 22.9 Å². The topological polar surface area (TPSA) is 72.2 Å². The van der Waals surface area contributed by atoms with E-state index in [0.717, 1.165) is 22.5 Å². The number of carbonyl (C=O) groups excluding carboxylic acids is 1. The monoisotopic (exact) mass is 425 g/mol. The van der Waals surface area contributed by atoms with Crippen molar-refractivity contribution in [2.45, 2.75) is 19.5 Å². The summed E-state index contributed by atoms with van der Waals surface area (Å²) in [5, 5.41) is 1.88. The van der Waals surface area contributed by atoms with Gasteiger partial charge in [0.05, 0.1) is 23.5 Å². The maximum atomic E-state index is 12.3. The number of halogens is 3. The molecule has 0 spiro atoms. The van der Waals surface area contributed by atoms with Crippen molar-refractivity contribution in [3.63, 3.8) is 0 Å². The Bertz CT molecular complexity index is 1250. The first-order chi connectivity index (χ1) is 14.8. The van der Waals surface area contributed by atoms with Crippen molar-refractivity contribution >= 4 is 11.6 Å². The van der Waals surface area contributed by atoms with Crippen LogP contribution in [0.1, 0.15) is 11.4 Å². The van der Waals surface area contributed by atoms with Crippen LogP contribution < -0.4 is 5.32 Å². The van der Waals surface area contributed by atoms with Gasteiger partial charge >= 0.3 is 6.18 Å². The number of nitrogens with zero attached hydrogens (tertiary/aromatic N) is 4. The molecule has 158 valence electrons. The van der Waals surface area contributed by atoms with Gasteiger partial charge in [-0.2, -0.15) is 13.2 Å². The van der Waals surface area contributed by atoms with Gasteiger partial charge in [0, 0.05) is 35.4 Å². The summed E-state index contributed by atoms with van der Waals surface area (Å²) in [6, 6.07) is 13.1. The summed E-state index contributed by atoms with van der Waals surface area (Å²) >= 11 is 0. The molecule has 31 heavy (non-hydrogen) atoms. The molecule has 0 aliphatic rings. The van der Waals surface area contributed by atoms with E-state index in [9.17, 15) is 18.0 Å². The number of nitrogens with one attached hydrogen (secondary N) is 1. The molecule has 0 fully saturated rings. The molecule has 0 atom stereocenters.